The van der Waals surface area contributed by atoms with Gasteiger partial charge < -0.3 is 9.64 Å². The second-order valence-electron chi connectivity index (χ2n) is 9.26. The van der Waals surface area contributed by atoms with E-state index in [1.165, 1.54) is 0 Å². The van der Waals surface area contributed by atoms with Crippen molar-refractivity contribution in [3.05, 3.63) is 57.7 Å². The quantitative estimate of drug-likeness (QED) is 0.477. The van der Waals surface area contributed by atoms with Gasteiger partial charge in [0.25, 0.3) is 0 Å². The van der Waals surface area contributed by atoms with E-state index < -0.39 is 0 Å². The molecule has 0 saturated carbocycles. The molecule has 0 aliphatic carbocycles. The molecule has 0 radical (unpaired) electrons. The lowest BCUT2D eigenvalue weighted by atomic mass is 10.1. The van der Waals surface area contributed by atoms with E-state index in [9.17, 15) is 4.79 Å². The summed E-state index contributed by atoms with van der Waals surface area (Å²) in [6.07, 6.45) is 4.78. The largest absolute Gasteiger partial charge is 0.379 e. The third-order valence-electron chi connectivity index (χ3n) is 6.67. The van der Waals surface area contributed by atoms with E-state index in [1.807, 2.05) is 48.4 Å². The molecule has 0 N–H and O–H groups in total. The van der Waals surface area contributed by atoms with Crippen LogP contribution in [-0.2, 0) is 16.0 Å². The van der Waals surface area contributed by atoms with Gasteiger partial charge in [0.2, 0.25) is 5.91 Å². The van der Waals surface area contributed by atoms with Gasteiger partial charge in [-0.05, 0) is 62.1 Å². The van der Waals surface area contributed by atoms with Gasteiger partial charge in [-0.2, -0.15) is 0 Å². The maximum atomic E-state index is 13.2. The summed E-state index contributed by atoms with van der Waals surface area (Å²) < 4.78 is 5.46. The van der Waals surface area contributed by atoms with Gasteiger partial charge in [0.1, 0.15) is 5.82 Å². The molecule has 1 amide bonds. The van der Waals surface area contributed by atoms with Gasteiger partial charge in [0.15, 0.2) is 0 Å². The topological polar surface area (TPSA) is 48.9 Å². The number of aromatic nitrogens is 1. The first kappa shape index (κ1) is 25.4. The molecule has 0 bridgehead atoms. The van der Waals surface area contributed by atoms with Crippen LogP contribution in [0.25, 0.3) is 0 Å². The Labute approximate surface area is 212 Å². The summed E-state index contributed by atoms with van der Waals surface area (Å²) in [6, 6.07) is 10.3. The van der Waals surface area contributed by atoms with Crippen molar-refractivity contribution in [3.8, 4) is 0 Å². The number of hydrogen-bond donors (Lipinski definition) is 0. The number of aryl methyl sites for hydroxylation is 2. The van der Waals surface area contributed by atoms with Crippen LogP contribution in [0.2, 0.25) is 10.0 Å². The highest BCUT2D eigenvalue weighted by Gasteiger charge is 2.32. The number of morpholine rings is 1. The Kier molecular flexibility index (Phi) is 9.20. The maximum absolute atomic E-state index is 13.2. The Morgan fingerprint density at radius 2 is 1.91 bits per heavy atom. The van der Waals surface area contributed by atoms with Gasteiger partial charge in [-0.15, -0.1) is 0 Å². The Hall–Kier alpha value is -1.70. The van der Waals surface area contributed by atoms with E-state index in [0.29, 0.717) is 29.1 Å². The third kappa shape index (κ3) is 6.92. The molecule has 2 aromatic rings. The van der Waals surface area contributed by atoms with Crippen molar-refractivity contribution in [2.24, 2.45) is 0 Å². The Morgan fingerprint density at radius 1 is 1.12 bits per heavy atom. The first-order chi connectivity index (χ1) is 16.5. The number of ether oxygens (including phenoxy) is 1. The molecular weight excluding hydrogens is 471 g/mol. The summed E-state index contributed by atoms with van der Waals surface area (Å²) in [7, 11) is 0. The second kappa shape index (κ2) is 12.3. The van der Waals surface area contributed by atoms with Crippen molar-refractivity contribution < 1.29 is 9.53 Å². The Balaban J connectivity index is 1.26. The van der Waals surface area contributed by atoms with Gasteiger partial charge in [0.05, 0.1) is 23.3 Å². The molecule has 34 heavy (non-hydrogen) atoms. The van der Waals surface area contributed by atoms with E-state index in [-0.39, 0.29) is 5.91 Å². The van der Waals surface area contributed by atoms with E-state index in [2.05, 4.69) is 14.8 Å². The predicted octanol–water partition coefficient (Wildman–Crippen LogP) is 4.46. The molecule has 184 valence electrons. The number of benzene rings is 1. The number of pyridine rings is 1. The monoisotopic (exact) mass is 504 g/mol. The lowest BCUT2D eigenvalue weighted by Crippen LogP contribution is -2.61. The van der Waals surface area contributed by atoms with E-state index in [1.54, 1.807) is 0 Å². The molecule has 3 heterocycles. The molecule has 2 fully saturated rings. The number of carbonyl (C=O) groups is 1. The zero-order valence-electron chi connectivity index (χ0n) is 19.9. The van der Waals surface area contributed by atoms with Gasteiger partial charge in [-0.3, -0.25) is 14.6 Å². The number of amides is 1. The average molecular weight is 505 g/mol. The van der Waals surface area contributed by atoms with Crippen LogP contribution in [-0.4, -0.2) is 79.2 Å². The number of hydrogen-bond acceptors (Lipinski definition) is 5. The summed E-state index contributed by atoms with van der Waals surface area (Å²) in [6.45, 7) is 9.70. The zero-order chi connectivity index (χ0) is 23.9. The van der Waals surface area contributed by atoms with Crippen LogP contribution in [0.3, 0.4) is 0 Å². The number of carbonyl (C=O) groups excluding carboxylic acids is 1. The predicted molar refractivity (Wildman–Crippen MR) is 138 cm³/mol. The fourth-order valence-electron chi connectivity index (χ4n) is 4.61. The Bertz CT molecular complexity index is 944. The molecule has 6 nitrogen and oxygen atoms in total. The van der Waals surface area contributed by atoms with Crippen molar-refractivity contribution in [1.82, 2.24) is 14.8 Å². The van der Waals surface area contributed by atoms with Crippen LogP contribution in [0.4, 0.5) is 5.82 Å². The zero-order valence-corrected chi connectivity index (χ0v) is 21.4. The van der Waals surface area contributed by atoms with Crippen molar-refractivity contribution in [3.63, 3.8) is 0 Å². The van der Waals surface area contributed by atoms with Crippen molar-refractivity contribution in [2.75, 3.05) is 57.4 Å². The SMILES string of the molecule is Cc1ccc(N(CCCN2CC(N3CCOCC3)C2)C(=O)CCCc2ccc(Cl)c(Cl)c2)nc1. The molecule has 1 aromatic heterocycles. The first-order valence-corrected chi connectivity index (χ1v) is 13.0. The number of likely N-dealkylation sites (tertiary alicyclic amines) is 1. The van der Waals surface area contributed by atoms with Crippen LogP contribution in [0.1, 0.15) is 30.4 Å². The molecule has 0 unspecified atom stereocenters. The van der Waals surface area contributed by atoms with Crippen molar-refractivity contribution in [1.29, 1.82) is 0 Å². The lowest BCUT2D eigenvalue weighted by Gasteiger charge is -2.46. The fourth-order valence-corrected chi connectivity index (χ4v) is 4.93. The van der Waals surface area contributed by atoms with Crippen molar-refractivity contribution in [2.45, 2.75) is 38.6 Å². The molecule has 4 rings (SSSR count). The minimum atomic E-state index is 0.117. The number of nitrogens with zero attached hydrogens (tertiary/aromatic N) is 4. The third-order valence-corrected chi connectivity index (χ3v) is 7.41. The fraction of sp³-hybridized carbons (Fsp3) is 0.538. The normalized spacial score (nSPS) is 17.5. The van der Waals surface area contributed by atoms with Crippen LogP contribution < -0.4 is 4.90 Å². The van der Waals surface area contributed by atoms with Gasteiger partial charge in [0, 0.05) is 51.4 Å². The molecule has 0 spiro atoms. The molecule has 1 aromatic carbocycles. The number of halogens is 2. The van der Waals surface area contributed by atoms with Gasteiger partial charge in [-0.25, -0.2) is 4.98 Å². The van der Waals surface area contributed by atoms with Gasteiger partial charge >= 0.3 is 0 Å². The van der Waals surface area contributed by atoms with Crippen molar-refractivity contribution >= 4 is 34.9 Å². The molecular formula is C26H34Cl2N4O2. The highest BCUT2D eigenvalue weighted by Crippen LogP contribution is 2.24. The summed E-state index contributed by atoms with van der Waals surface area (Å²) in [5.41, 5.74) is 2.18. The Morgan fingerprint density at radius 3 is 2.62 bits per heavy atom. The van der Waals surface area contributed by atoms with Gasteiger partial charge in [-0.1, -0.05) is 35.3 Å². The van der Waals surface area contributed by atoms with E-state index in [4.69, 9.17) is 27.9 Å². The molecule has 2 aliphatic rings. The van der Waals surface area contributed by atoms with Crippen LogP contribution >= 0.6 is 23.2 Å². The average Bonchev–Trinajstić information content (AvgIpc) is 2.81. The van der Waals surface area contributed by atoms with Crippen LogP contribution in [0.15, 0.2) is 36.5 Å². The molecule has 8 heteroatoms. The number of rotatable bonds is 10. The molecule has 0 atom stereocenters. The standard InChI is InChI=1S/C26H34Cl2N4O2/c1-20-6-9-25(29-17-20)32(26(33)5-2-4-21-7-8-23(27)24(28)16-21)11-3-10-30-18-22(19-30)31-12-14-34-15-13-31/h6-9,16-17,22H,2-5,10-15,18-19H2,1H3. The summed E-state index contributed by atoms with van der Waals surface area (Å²) in [5, 5.41) is 1.11. The summed E-state index contributed by atoms with van der Waals surface area (Å²) in [4.78, 5) is 24.6. The minimum absolute atomic E-state index is 0.117. The maximum Gasteiger partial charge on any atom is 0.228 e. The van der Waals surface area contributed by atoms with E-state index >= 15 is 0 Å². The van der Waals surface area contributed by atoms with E-state index in [0.717, 1.165) is 82.1 Å². The van der Waals surface area contributed by atoms with Crippen LogP contribution in [0.5, 0.6) is 0 Å². The first-order valence-electron chi connectivity index (χ1n) is 12.2. The smallest absolute Gasteiger partial charge is 0.228 e. The lowest BCUT2D eigenvalue weighted by molar-refractivity contribution is -0.118. The molecule has 2 aliphatic heterocycles. The summed E-state index contributed by atoms with van der Waals surface area (Å²) in [5.74, 6) is 0.853. The molecule has 2 saturated heterocycles. The number of anilines is 1. The highest BCUT2D eigenvalue weighted by molar-refractivity contribution is 6.42. The summed E-state index contributed by atoms with van der Waals surface area (Å²) >= 11 is 12.1. The second-order valence-corrected chi connectivity index (χ2v) is 10.1. The minimum Gasteiger partial charge on any atom is -0.379 e. The van der Waals surface area contributed by atoms with Crippen LogP contribution in [0, 0.1) is 6.92 Å². The highest BCUT2D eigenvalue weighted by atomic mass is 35.5.